The summed E-state index contributed by atoms with van der Waals surface area (Å²) in [5, 5.41) is 19.0. The molecule has 0 unspecified atom stereocenters. The van der Waals surface area contributed by atoms with Crippen molar-refractivity contribution in [3.63, 3.8) is 0 Å². The summed E-state index contributed by atoms with van der Waals surface area (Å²) in [7, 11) is 0. The Morgan fingerprint density at radius 3 is 2.00 bits per heavy atom. The summed E-state index contributed by atoms with van der Waals surface area (Å²) in [6.45, 7) is 1.83. The van der Waals surface area contributed by atoms with Gasteiger partial charge in [0.15, 0.2) is 23.3 Å². The number of halogens is 6. The molecule has 1 aromatic heterocycles. The van der Waals surface area contributed by atoms with E-state index < -0.39 is 52.2 Å². The third-order valence-electron chi connectivity index (χ3n) is 5.16. The van der Waals surface area contributed by atoms with Gasteiger partial charge < -0.3 is 15.7 Å². The molecule has 0 bridgehead atoms. The monoisotopic (exact) mass is 536 g/mol. The molecule has 7 nitrogen and oxygen atoms in total. The van der Waals surface area contributed by atoms with Crippen LogP contribution in [0.1, 0.15) is 26.3 Å². The van der Waals surface area contributed by atoms with Gasteiger partial charge in [0.1, 0.15) is 11.3 Å². The van der Waals surface area contributed by atoms with Gasteiger partial charge in [-0.05, 0) is 25.1 Å². The zero-order valence-corrected chi connectivity index (χ0v) is 19.3. The van der Waals surface area contributed by atoms with Crippen LogP contribution < -0.4 is 10.6 Å². The minimum Gasteiger partial charge on any atom is -0.506 e. The molecule has 0 spiro atoms. The second-order valence-electron chi connectivity index (χ2n) is 7.71. The van der Waals surface area contributed by atoms with E-state index in [2.05, 4.69) is 10.4 Å². The lowest BCUT2D eigenvalue weighted by Gasteiger charge is -2.16. The van der Waals surface area contributed by atoms with Gasteiger partial charge in [0, 0.05) is 17.8 Å². The minimum absolute atomic E-state index is 0.0823. The standard InChI is InChI=1S/C24H14ClF5N4O3/c1-10-2-4-11(5-3-10)23(36)33-14-6-15(34-9-12(25)8-31-34)13(7-16(14)35)32-24(37)17-18(26)20(28)22(30)21(29)19(17)27/h2-9,35H,1H3,(H,32,37)(H,33,36). The maximum Gasteiger partial charge on any atom is 0.261 e. The Hall–Kier alpha value is -4.45. The lowest BCUT2D eigenvalue weighted by molar-refractivity contribution is 0.101. The van der Waals surface area contributed by atoms with Gasteiger partial charge in [0.05, 0.1) is 28.3 Å². The molecular weight excluding hydrogens is 523 g/mol. The zero-order valence-electron chi connectivity index (χ0n) is 18.5. The average Bonchev–Trinajstić information content (AvgIpc) is 3.29. The normalized spacial score (nSPS) is 10.9. The Morgan fingerprint density at radius 1 is 0.865 bits per heavy atom. The molecule has 0 aliphatic rings. The first-order valence-corrected chi connectivity index (χ1v) is 10.6. The summed E-state index contributed by atoms with van der Waals surface area (Å²) in [4.78, 5) is 25.2. The van der Waals surface area contributed by atoms with Crippen molar-refractivity contribution in [2.75, 3.05) is 10.6 Å². The van der Waals surface area contributed by atoms with Crippen LogP contribution in [0.5, 0.6) is 5.75 Å². The van der Waals surface area contributed by atoms with Gasteiger partial charge in [-0.15, -0.1) is 0 Å². The quantitative estimate of drug-likeness (QED) is 0.131. The summed E-state index contributed by atoms with van der Waals surface area (Å²) >= 11 is 5.90. The highest BCUT2D eigenvalue weighted by atomic mass is 35.5. The second kappa shape index (κ2) is 9.90. The number of aromatic hydroxyl groups is 1. The molecule has 4 aromatic rings. The summed E-state index contributed by atoms with van der Waals surface area (Å²) in [5.41, 5.74) is -1.16. The van der Waals surface area contributed by atoms with Crippen molar-refractivity contribution in [2.24, 2.45) is 0 Å². The summed E-state index contributed by atoms with van der Waals surface area (Å²) in [6.07, 6.45) is 2.46. The number of amides is 2. The van der Waals surface area contributed by atoms with E-state index in [0.29, 0.717) is 0 Å². The Kier molecular flexibility index (Phi) is 6.86. The number of aromatic nitrogens is 2. The van der Waals surface area contributed by atoms with Crippen LogP contribution in [0, 0.1) is 36.0 Å². The van der Waals surface area contributed by atoms with Crippen LogP contribution in [-0.4, -0.2) is 26.7 Å². The highest BCUT2D eigenvalue weighted by molar-refractivity contribution is 6.30. The fourth-order valence-corrected chi connectivity index (χ4v) is 3.42. The highest BCUT2D eigenvalue weighted by Gasteiger charge is 2.30. The number of rotatable bonds is 5. The van der Waals surface area contributed by atoms with Crippen LogP contribution in [0.4, 0.5) is 33.3 Å². The Bertz CT molecular complexity index is 1530. The van der Waals surface area contributed by atoms with Gasteiger partial charge in [-0.25, -0.2) is 26.6 Å². The number of carbonyl (C=O) groups is 2. The number of carbonyl (C=O) groups excluding carboxylic acids is 2. The van der Waals surface area contributed by atoms with E-state index in [1.807, 2.05) is 12.2 Å². The van der Waals surface area contributed by atoms with Gasteiger partial charge in [0.25, 0.3) is 11.8 Å². The first kappa shape index (κ1) is 25.6. The van der Waals surface area contributed by atoms with E-state index in [9.17, 15) is 36.6 Å². The number of nitrogens with one attached hydrogen (secondary N) is 2. The predicted molar refractivity (Wildman–Crippen MR) is 124 cm³/mol. The smallest absolute Gasteiger partial charge is 0.261 e. The molecular formula is C24H14ClF5N4O3. The van der Waals surface area contributed by atoms with Crippen LogP contribution in [0.15, 0.2) is 48.8 Å². The van der Waals surface area contributed by atoms with Crippen molar-refractivity contribution in [2.45, 2.75) is 6.92 Å². The molecule has 2 amide bonds. The largest absolute Gasteiger partial charge is 0.506 e. The van der Waals surface area contributed by atoms with E-state index in [-0.39, 0.29) is 27.6 Å². The predicted octanol–water partition coefficient (Wildman–Crippen LogP) is 5.74. The molecule has 0 aliphatic carbocycles. The molecule has 0 saturated heterocycles. The third kappa shape index (κ3) is 4.96. The molecule has 3 N–H and O–H groups in total. The van der Waals surface area contributed by atoms with E-state index in [1.165, 1.54) is 12.4 Å². The SMILES string of the molecule is Cc1ccc(C(=O)Nc2cc(-n3cc(Cl)cn3)c(NC(=O)c3c(F)c(F)c(F)c(F)c3F)cc2O)cc1. The van der Waals surface area contributed by atoms with Crippen molar-refractivity contribution in [3.05, 3.63) is 99.6 Å². The summed E-state index contributed by atoms with van der Waals surface area (Å²) in [6, 6.07) is 8.54. The molecule has 13 heteroatoms. The number of phenols is 1. The zero-order chi connectivity index (χ0) is 27.0. The van der Waals surface area contributed by atoms with Crippen molar-refractivity contribution in [1.29, 1.82) is 0 Å². The van der Waals surface area contributed by atoms with Crippen LogP contribution >= 0.6 is 11.6 Å². The topological polar surface area (TPSA) is 96.3 Å². The minimum atomic E-state index is -2.43. The average molecular weight is 537 g/mol. The van der Waals surface area contributed by atoms with E-state index in [0.717, 1.165) is 22.4 Å². The number of phenolic OH excluding ortho intramolecular Hbond substituents is 1. The molecule has 0 atom stereocenters. The van der Waals surface area contributed by atoms with Gasteiger partial charge >= 0.3 is 0 Å². The maximum absolute atomic E-state index is 14.1. The molecule has 3 aromatic carbocycles. The van der Waals surface area contributed by atoms with E-state index in [4.69, 9.17) is 11.6 Å². The van der Waals surface area contributed by atoms with E-state index in [1.54, 1.807) is 24.3 Å². The van der Waals surface area contributed by atoms with Gasteiger partial charge in [-0.2, -0.15) is 5.10 Å². The molecule has 190 valence electrons. The number of benzene rings is 3. The lowest BCUT2D eigenvalue weighted by Crippen LogP contribution is -2.20. The lowest BCUT2D eigenvalue weighted by atomic mass is 10.1. The maximum atomic E-state index is 14.1. The van der Waals surface area contributed by atoms with Crippen LogP contribution in [0.2, 0.25) is 5.02 Å². The highest BCUT2D eigenvalue weighted by Crippen LogP contribution is 2.34. The molecule has 0 aliphatic heterocycles. The molecule has 4 rings (SSSR count). The number of nitrogens with zero attached hydrogens (tertiary/aromatic N) is 2. The molecule has 1 heterocycles. The third-order valence-corrected chi connectivity index (χ3v) is 5.35. The molecule has 37 heavy (non-hydrogen) atoms. The Balaban J connectivity index is 1.75. The second-order valence-corrected chi connectivity index (χ2v) is 8.15. The summed E-state index contributed by atoms with van der Waals surface area (Å²) in [5.74, 6) is -14.6. The molecule has 0 saturated carbocycles. The van der Waals surface area contributed by atoms with Gasteiger partial charge in [-0.1, -0.05) is 29.3 Å². The molecule has 0 radical (unpaired) electrons. The van der Waals surface area contributed by atoms with Crippen molar-refractivity contribution in [3.8, 4) is 11.4 Å². The van der Waals surface area contributed by atoms with E-state index >= 15 is 0 Å². The van der Waals surface area contributed by atoms with Crippen LogP contribution in [0.25, 0.3) is 5.69 Å². The first-order valence-electron chi connectivity index (χ1n) is 10.3. The van der Waals surface area contributed by atoms with Crippen molar-refractivity contribution < 1.29 is 36.6 Å². The fourth-order valence-electron chi connectivity index (χ4n) is 3.29. The fraction of sp³-hybridized carbons (Fsp3) is 0.0417. The Labute approximate surface area is 210 Å². The number of hydrogen-bond donors (Lipinski definition) is 3. The number of aryl methyl sites for hydroxylation is 1. The van der Waals surface area contributed by atoms with Gasteiger partial charge in [0.2, 0.25) is 5.82 Å². The number of anilines is 2. The van der Waals surface area contributed by atoms with Crippen LogP contribution in [-0.2, 0) is 0 Å². The first-order chi connectivity index (χ1) is 17.5. The number of hydrogen-bond acceptors (Lipinski definition) is 4. The van der Waals surface area contributed by atoms with Crippen molar-refractivity contribution in [1.82, 2.24) is 9.78 Å². The van der Waals surface area contributed by atoms with Crippen molar-refractivity contribution >= 4 is 34.8 Å². The van der Waals surface area contributed by atoms with Crippen LogP contribution in [0.3, 0.4) is 0 Å². The summed E-state index contributed by atoms with van der Waals surface area (Å²) < 4.78 is 69.9. The van der Waals surface area contributed by atoms with Gasteiger partial charge in [-0.3, -0.25) is 9.59 Å². The molecule has 0 fully saturated rings. The Morgan fingerprint density at radius 2 is 1.43 bits per heavy atom.